The minimum Gasteiger partial charge on any atom is -0.488 e. The first-order valence-electron chi connectivity index (χ1n) is 10.9. The summed E-state index contributed by atoms with van der Waals surface area (Å²) >= 11 is 0.859. The fourth-order valence-electron chi connectivity index (χ4n) is 3.28. The second kappa shape index (κ2) is 11.9. The van der Waals surface area contributed by atoms with Crippen LogP contribution in [0.25, 0.3) is 5.57 Å². The highest BCUT2D eigenvalue weighted by atomic mass is 32.1. The number of rotatable bonds is 11. The Morgan fingerprint density at radius 2 is 1.41 bits per heavy atom. The minimum absolute atomic E-state index is 0.0638. The summed E-state index contributed by atoms with van der Waals surface area (Å²) in [6, 6.07) is 7.17. The van der Waals surface area contributed by atoms with Gasteiger partial charge in [0.2, 0.25) is 5.60 Å². The fraction of sp³-hybridized carbons (Fsp3) is 0.417. The highest BCUT2D eigenvalue weighted by molar-refractivity contribution is 7.13. The van der Waals surface area contributed by atoms with Gasteiger partial charge in [-0.3, -0.25) is 0 Å². The topological polar surface area (TPSA) is 69.9 Å². The van der Waals surface area contributed by atoms with E-state index in [1.807, 2.05) is 0 Å². The number of halogens is 10. The zero-order valence-corrected chi connectivity index (χ0v) is 20.7. The van der Waals surface area contributed by atoms with Crippen LogP contribution < -0.4 is 4.74 Å². The number of alkyl halides is 10. The summed E-state index contributed by atoms with van der Waals surface area (Å²) in [5, 5.41) is 28.3. The molecule has 0 fully saturated rings. The van der Waals surface area contributed by atoms with Crippen LogP contribution in [-0.2, 0) is 19.8 Å². The third kappa shape index (κ3) is 6.58. The van der Waals surface area contributed by atoms with Crippen molar-refractivity contribution in [3.63, 3.8) is 0 Å². The quantitative estimate of drug-likeness (QED) is 0.198. The molecule has 0 amide bonds. The van der Waals surface area contributed by atoms with Gasteiger partial charge in [0.1, 0.15) is 12.4 Å². The van der Waals surface area contributed by atoms with E-state index in [1.165, 1.54) is 37.3 Å². The molecule has 2 aromatic rings. The number of thiophene rings is 1. The van der Waals surface area contributed by atoms with Crippen molar-refractivity contribution in [2.24, 2.45) is 0 Å². The molecule has 0 bridgehead atoms. The molecule has 1 aromatic carbocycles. The molecule has 0 unspecified atom stereocenters. The maximum atomic E-state index is 13.9. The number of benzene rings is 1. The molecule has 218 valence electrons. The first-order valence-corrected chi connectivity index (χ1v) is 11.7. The molecule has 4 nitrogen and oxygen atoms in total. The Labute approximate surface area is 219 Å². The number of hydrogen-bond acceptors (Lipinski definition) is 5. The van der Waals surface area contributed by atoms with Crippen LogP contribution in [0.5, 0.6) is 5.75 Å². The van der Waals surface area contributed by atoms with Crippen LogP contribution in [0.3, 0.4) is 0 Å². The largest absolute Gasteiger partial charge is 0.488 e. The Hall–Kier alpha value is -2.62. The monoisotopic (exact) mass is 596 g/mol. The first-order chi connectivity index (χ1) is 17.9. The SMILES string of the molecule is CC/C=C(/C=C\C(O)(C(F)(F)C(F)(F)F)C(F)(F)C(F)(F)F)c1ccc(COc2ccc(CO)c(CO)c2)s1. The lowest BCUT2D eigenvalue weighted by molar-refractivity contribution is -0.409. The lowest BCUT2D eigenvalue weighted by Gasteiger charge is -2.40. The van der Waals surface area contributed by atoms with E-state index in [-0.39, 0.29) is 48.5 Å². The Bertz CT molecular complexity index is 1160. The average molecular weight is 596 g/mol. The number of aliphatic hydroxyl groups is 3. The van der Waals surface area contributed by atoms with E-state index < -0.39 is 35.9 Å². The molecule has 0 saturated carbocycles. The normalized spacial score (nSPS) is 14.4. The Morgan fingerprint density at radius 3 is 1.90 bits per heavy atom. The van der Waals surface area contributed by atoms with E-state index in [4.69, 9.17) is 4.74 Å². The van der Waals surface area contributed by atoms with E-state index >= 15 is 0 Å². The molecule has 3 N–H and O–H groups in total. The van der Waals surface area contributed by atoms with Gasteiger partial charge in [-0.05, 0) is 53.5 Å². The lowest BCUT2D eigenvalue weighted by atomic mass is 9.85. The van der Waals surface area contributed by atoms with Crippen LogP contribution in [0, 0.1) is 0 Å². The highest BCUT2D eigenvalue weighted by Gasteiger charge is 2.83. The smallest absolute Gasteiger partial charge is 0.457 e. The minimum atomic E-state index is -6.95. The average Bonchev–Trinajstić information content (AvgIpc) is 3.32. The summed E-state index contributed by atoms with van der Waals surface area (Å²) in [7, 11) is 0. The van der Waals surface area contributed by atoms with Gasteiger partial charge in [0.15, 0.2) is 0 Å². The van der Waals surface area contributed by atoms with Crippen molar-refractivity contribution in [1.29, 1.82) is 0 Å². The van der Waals surface area contributed by atoms with Crippen LogP contribution in [0.15, 0.2) is 48.6 Å². The Balaban J connectivity index is 2.41. The third-order valence-electron chi connectivity index (χ3n) is 5.44. The second-order valence-corrected chi connectivity index (χ2v) is 9.28. The van der Waals surface area contributed by atoms with Gasteiger partial charge in [-0.25, -0.2) is 0 Å². The summed E-state index contributed by atoms with van der Waals surface area (Å²) in [5.74, 6) is -13.5. The number of aliphatic hydroxyl groups excluding tert-OH is 2. The zero-order valence-electron chi connectivity index (χ0n) is 19.9. The van der Waals surface area contributed by atoms with Crippen molar-refractivity contribution in [1.82, 2.24) is 0 Å². The van der Waals surface area contributed by atoms with Gasteiger partial charge in [-0.15, -0.1) is 11.3 Å². The number of allylic oxidation sites excluding steroid dienone is 3. The molecular formula is C24H22F10O4S. The maximum Gasteiger partial charge on any atom is 0.457 e. The van der Waals surface area contributed by atoms with Crippen LogP contribution in [0.1, 0.15) is 34.2 Å². The Morgan fingerprint density at radius 1 is 0.846 bits per heavy atom. The van der Waals surface area contributed by atoms with E-state index in [0.717, 1.165) is 17.4 Å². The van der Waals surface area contributed by atoms with Crippen LogP contribution >= 0.6 is 11.3 Å². The third-order valence-corrected chi connectivity index (χ3v) is 6.55. The molecule has 0 saturated heterocycles. The van der Waals surface area contributed by atoms with Crippen molar-refractivity contribution in [2.45, 2.75) is 63.0 Å². The van der Waals surface area contributed by atoms with Crippen LogP contribution in [0.4, 0.5) is 43.9 Å². The summed E-state index contributed by atoms with van der Waals surface area (Å²) in [6.45, 7) is 0.630. The van der Waals surface area contributed by atoms with Crippen molar-refractivity contribution in [2.75, 3.05) is 0 Å². The highest BCUT2D eigenvalue weighted by Crippen LogP contribution is 2.55. The lowest BCUT2D eigenvalue weighted by Crippen LogP contribution is -2.69. The van der Waals surface area contributed by atoms with Gasteiger partial charge < -0.3 is 20.1 Å². The van der Waals surface area contributed by atoms with Gasteiger partial charge in [-0.1, -0.05) is 25.1 Å². The van der Waals surface area contributed by atoms with Gasteiger partial charge in [0.05, 0.1) is 13.2 Å². The molecule has 0 aliphatic rings. The fourth-order valence-corrected chi connectivity index (χ4v) is 4.22. The molecule has 2 rings (SSSR count). The van der Waals surface area contributed by atoms with Crippen molar-refractivity contribution in [3.8, 4) is 5.75 Å². The predicted octanol–water partition coefficient (Wildman–Crippen LogP) is 6.79. The molecule has 1 aromatic heterocycles. The van der Waals surface area contributed by atoms with Gasteiger partial charge >= 0.3 is 24.2 Å². The molecule has 0 radical (unpaired) electrons. The maximum absolute atomic E-state index is 13.9. The molecule has 0 aliphatic heterocycles. The zero-order chi connectivity index (χ0) is 29.9. The molecule has 15 heteroatoms. The van der Waals surface area contributed by atoms with E-state index in [1.54, 1.807) is 0 Å². The molecule has 0 spiro atoms. The van der Waals surface area contributed by atoms with Crippen molar-refractivity contribution in [3.05, 3.63) is 69.4 Å². The van der Waals surface area contributed by atoms with Crippen LogP contribution in [-0.4, -0.2) is 45.1 Å². The molecule has 0 atom stereocenters. The molecular weight excluding hydrogens is 574 g/mol. The summed E-state index contributed by atoms with van der Waals surface area (Å²) in [4.78, 5) is 0.500. The van der Waals surface area contributed by atoms with E-state index in [0.29, 0.717) is 16.0 Å². The predicted molar refractivity (Wildman–Crippen MR) is 121 cm³/mol. The first kappa shape index (κ1) is 32.6. The Kier molecular flexibility index (Phi) is 9.91. The van der Waals surface area contributed by atoms with E-state index in [9.17, 15) is 59.2 Å². The van der Waals surface area contributed by atoms with Crippen molar-refractivity contribution < 1.29 is 64.0 Å². The molecule has 39 heavy (non-hydrogen) atoms. The summed E-state index contributed by atoms with van der Waals surface area (Å²) in [6.07, 6.45) is -13.4. The van der Waals surface area contributed by atoms with Gasteiger partial charge in [-0.2, -0.15) is 43.9 Å². The van der Waals surface area contributed by atoms with E-state index in [2.05, 4.69) is 0 Å². The van der Waals surface area contributed by atoms with Gasteiger partial charge in [0.25, 0.3) is 0 Å². The number of ether oxygens (including phenoxy) is 1. The summed E-state index contributed by atoms with van der Waals surface area (Å²) < 4.78 is 139. The standard InChI is InChI=1S/C24H22F10O4S/c1-2-3-14(8-9-20(37,21(25,26)23(29,30)31)22(27,28)24(32,33)34)19-7-6-18(39-19)13-38-17-5-4-15(11-35)16(10-17)12-36/h3-10,35-37H,2,11-13H2,1H3/b9-8-,14-3-. The van der Waals surface area contributed by atoms with Gasteiger partial charge in [0, 0.05) is 9.75 Å². The van der Waals surface area contributed by atoms with Crippen LogP contribution in [0.2, 0.25) is 0 Å². The molecule has 0 aliphatic carbocycles. The number of hydrogen-bond donors (Lipinski definition) is 3. The molecule has 1 heterocycles. The summed E-state index contributed by atoms with van der Waals surface area (Å²) in [5.41, 5.74) is -5.47. The second-order valence-electron chi connectivity index (χ2n) is 8.11. The van der Waals surface area contributed by atoms with Crippen molar-refractivity contribution >= 4 is 16.9 Å².